The highest BCUT2D eigenvalue weighted by Crippen LogP contribution is 2.31. The minimum atomic E-state index is -0.128. The molecule has 1 amide bonds. The number of thioether (sulfide) groups is 1. The van der Waals surface area contributed by atoms with Crippen LogP contribution in [-0.4, -0.2) is 27.7 Å². The number of nitrogens with zero attached hydrogens (tertiary/aromatic N) is 1. The highest BCUT2D eigenvalue weighted by molar-refractivity contribution is 7.99. The molecule has 2 heterocycles. The van der Waals surface area contributed by atoms with E-state index in [-0.39, 0.29) is 17.5 Å². The van der Waals surface area contributed by atoms with Crippen LogP contribution in [0.3, 0.4) is 0 Å². The summed E-state index contributed by atoms with van der Waals surface area (Å²) in [6.45, 7) is 6.06. The van der Waals surface area contributed by atoms with Gasteiger partial charge < -0.3 is 10.3 Å². The monoisotopic (exact) mass is 401 g/mol. The van der Waals surface area contributed by atoms with Crippen molar-refractivity contribution in [1.29, 1.82) is 0 Å². The van der Waals surface area contributed by atoms with Crippen molar-refractivity contribution in [2.75, 3.05) is 5.75 Å². The zero-order valence-corrected chi connectivity index (χ0v) is 17.3. The number of nitrogens with one attached hydrogen (secondary N) is 2. The maximum absolute atomic E-state index is 12.6. The summed E-state index contributed by atoms with van der Waals surface area (Å²) in [7, 11) is 0. The van der Waals surface area contributed by atoms with Crippen LogP contribution in [0.2, 0.25) is 0 Å². The number of aromatic amines is 1. The highest BCUT2D eigenvalue weighted by atomic mass is 32.2. The minimum Gasteiger partial charge on any atom is -0.353 e. The first-order valence-corrected chi connectivity index (χ1v) is 11.0. The molecule has 0 saturated heterocycles. The Hall–Kier alpha value is -2.12. The number of benzene rings is 1. The number of thiophene rings is 1. The maximum atomic E-state index is 12.6. The number of aromatic nitrogens is 2. The lowest BCUT2D eigenvalue weighted by atomic mass is 10.1. The summed E-state index contributed by atoms with van der Waals surface area (Å²) < 4.78 is 0. The number of carbonyl (C=O) groups is 1. The fourth-order valence-corrected chi connectivity index (χ4v) is 4.33. The van der Waals surface area contributed by atoms with Gasteiger partial charge in [0.15, 0.2) is 0 Å². The lowest BCUT2D eigenvalue weighted by Crippen LogP contribution is -2.33. The first kappa shape index (κ1) is 19.6. The molecule has 7 heteroatoms. The van der Waals surface area contributed by atoms with Gasteiger partial charge in [0.05, 0.1) is 16.9 Å². The molecule has 0 fully saturated rings. The van der Waals surface area contributed by atoms with Crippen molar-refractivity contribution in [2.45, 2.75) is 39.0 Å². The quantitative estimate of drug-likeness (QED) is 0.625. The highest BCUT2D eigenvalue weighted by Gasteiger charge is 2.13. The van der Waals surface area contributed by atoms with Gasteiger partial charge in [0.25, 0.3) is 5.56 Å². The molecule has 3 aromatic rings. The van der Waals surface area contributed by atoms with Gasteiger partial charge in [-0.05, 0) is 25.8 Å². The number of hydrogen-bond acceptors (Lipinski definition) is 5. The summed E-state index contributed by atoms with van der Waals surface area (Å²) in [6, 6.07) is 8.30. The van der Waals surface area contributed by atoms with Crippen LogP contribution in [-0.2, 0) is 10.5 Å². The summed E-state index contributed by atoms with van der Waals surface area (Å²) >= 11 is 2.92. The molecule has 2 aromatic heterocycles. The zero-order chi connectivity index (χ0) is 19.4. The number of amides is 1. The number of hydrogen-bond donors (Lipinski definition) is 2. The Morgan fingerprint density at radius 3 is 2.78 bits per heavy atom. The van der Waals surface area contributed by atoms with Crippen molar-refractivity contribution in [3.05, 3.63) is 51.4 Å². The summed E-state index contributed by atoms with van der Waals surface area (Å²) in [5, 5.41) is 5.54. The number of aryl methyl sites for hydroxylation is 1. The predicted molar refractivity (Wildman–Crippen MR) is 114 cm³/mol. The molecule has 1 aromatic carbocycles. The average molecular weight is 402 g/mol. The van der Waals surface area contributed by atoms with Crippen molar-refractivity contribution < 1.29 is 4.79 Å². The molecule has 0 spiro atoms. The second kappa shape index (κ2) is 8.71. The fourth-order valence-electron chi connectivity index (χ4n) is 2.67. The Morgan fingerprint density at radius 1 is 1.33 bits per heavy atom. The topological polar surface area (TPSA) is 74.8 Å². The van der Waals surface area contributed by atoms with Crippen molar-refractivity contribution in [3.63, 3.8) is 0 Å². The van der Waals surface area contributed by atoms with Crippen LogP contribution in [0, 0.1) is 6.92 Å². The standard InChI is InChI=1S/C20H23N3O2S2/c1-4-13(3)21-17(24)11-26-10-16-22-19(25)18-15(9-27-20(18)23-16)14-7-5-12(2)6-8-14/h5-9,13H,4,10-11H2,1-3H3,(H,21,24)(H,22,23,25)/t13-/m0/s1. The lowest BCUT2D eigenvalue weighted by Gasteiger charge is -2.10. The van der Waals surface area contributed by atoms with Gasteiger partial charge in [-0.1, -0.05) is 36.8 Å². The Balaban J connectivity index is 1.73. The third kappa shape index (κ3) is 4.78. The SMILES string of the molecule is CC[C@H](C)NC(=O)CSCc1nc2scc(-c3ccc(C)cc3)c2c(=O)[nH]1. The smallest absolute Gasteiger partial charge is 0.260 e. The summed E-state index contributed by atoms with van der Waals surface area (Å²) in [6.07, 6.45) is 0.906. The van der Waals surface area contributed by atoms with E-state index in [1.807, 2.05) is 50.4 Å². The molecule has 5 nitrogen and oxygen atoms in total. The van der Waals surface area contributed by atoms with E-state index in [1.165, 1.54) is 28.7 Å². The van der Waals surface area contributed by atoms with E-state index in [4.69, 9.17) is 0 Å². The molecule has 1 atom stereocenters. The molecular weight excluding hydrogens is 378 g/mol. The molecule has 0 radical (unpaired) electrons. The molecule has 142 valence electrons. The summed E-state index contributed by atoms with van der Waals surface area (Å²) in [4.78, 5) is 32.7. The van der Waals surface area contributed by atoms with Gasteiger partial charge in [-0.15, -0.1) is 23.1 Å². The summed E-state index contributed by atoms with van der Waals surface area (Å²) in [5.74, 6) is 1.46. The van der Waals surface area contributed by atoms with E-state index in [0.717, 1.165) is 22.4 Å². The Morgan fingerprint density at radius 2 is 2.07 bits per heavy atom. The Kier molecular flexibility index (Phi) is 6.34. The molecule has 3 rings (SSSR count). The second-order valence-corrected chi connectivity index (χ2v) is 8.42. The Labute approximate surface area is 166 Å². The van der Waals surface area contributed by atoms with E-state index in [2.05, 4.69) is 15.3 Å². The van der Waals surface area contributed by atoms with Gasteiger partial charge in [0.1, 0.15) is 10.7 Å². The van der Waals surface area contributed by atoms with Crippen LogP contribution in [0.4, 0.5) is 0 Å². The van der Waals surface area contributed by atoms with E-state index < -0.39 is 0 Å². The normalized spacial score (nSPS) is 12.3. The van der Waals surface area contributed by atoms with Gasteiger partial charge >= 0.3 is 0 Å². The van der Waals surface area contributed by atoms with Crippen molar-refractivity contribution in [1.82, 2.24) is 15.3 Å². The molecule has 0 aliphatic heterocycles. The second-order valence-electron chi connectivity index (χ2n) is 6.58. The minimum absolute atomic E-state index is 0.00977. The number of fused-ring (bicyclic) bond motifs is 1. The molecule has 27 heavy (non-hydrogen) atoms. The maximum Gasteiger partial charge on any atom is 0.260 e. The Bertz CT molecular complexity index is 993. The molecule has 0 aliphatic carbocycles. The van der Waals surface area contributed by atoms with Gasteiger partial charge in [-0.25, -0.2) is 4.98 Å². The van der Waals surface area contributed by atoms with E-state index in [9.17, 15) is 9.59 Å². The largest absolute Gasteiger partial charge is 0.353 e. The van der Waals surface area contributed by atoms with Crippen LogP contribution in [0.25, 0.3) is 21.3 Å². The lowest BCUT2D eigenvalue weighted by molar-refractivity contribution is -0.119. The first-order valence-electron chi connectivity index (χ1n) is 8.92. The van der Waals surface area contributed by atoms with Gasteiger partial charge in [-0.3, -0.25) is 9.59 Å². The van der Waals surface area contributed by atoms with E-state index in [1.54, 1.807) is 0 Å². The summed E-state index contributed by atoms with van der Waals surface area (Å²) in [5.41, 5.74) is 2.98. The number of carbonyl (C=O) groups excluding carboxylic acids is 1. The third-order valence-electron chi connectivity index (χ3n) is 4.35. The van der Waals surface area contributed by atoms with Crippen molar-refractivity contribution >= 4 is 39.2 Å². The van der Waals surface area contributed by atoms with Crippen LogP contribution in [0.1, 0.15) is 31.7 Å². The molecule has 0 aliphatic rings. The third-order valence-corrected chi connectivity index (χ3v) is 6.16. The van der Waals surface area contributed by atoms with Crippen LogP contribution < -0.4 is 10.9 Å². The van der Waals surface area contributed by atoms with Gasteiger partial charge in [0.2, 0.25) is 5.91 Å². The van der Waals surface area contributed by atoms with Gasteiger partial charge in [-0.2, -0.15) is 0 Å². The molecule has 0 bridgehead atoms. The molecule has 0 saturated carbocycles. The molecular formula is C20H23N3O2S2. The van der Waals surface area contributed by atoms with Gasteiger partial charge in [0, 0.05) is 17.0 Å². The fraction of sp³-hybridized carbons (Fsp3) is 0.350. The van der Waals surface area contributed by atoms with E-state index in [0.29, 0.717) is 22.7 Å². The number of H-pyrrole nitrogens is 1. The number of rotatable bonds is 7. The van der Waals surface area contributed by atoms with Crippen LogP contribution in [0.5, 0.6) is 0 Å². The van der Waals surface area contributed by atoms with Crippen LogP contribution in [0.15, 0.2) is 34.4 Å². The predicted octanol–water partition coefficient (Wildman–Crippen LogP) is 4.11. The zero-order valence-electron chi connectivity index (χ0n) is 15.7. The van der Waals surface area contributed by atoms with E-state index >= 15 is 0 Å². The van der Waals surface area contributed by atoms with Crippen LogP contribution >= 0.6 is 23.1 Å². The molecule has 0 unspecified atom stereocenters. The molecule has 2 N–H and O–H groups in total. The average Bonchev–Trinajstić information content (AvgIpc) is 3.06. The van der Waals surface area contributed by atoms with Crippen molar-refractivity contribution in [3.8, 4) is 11.1 Å². The van der Waals surface area contributed by atoms with Crippen molar-refractivity contribution in [2.24, 2.45) is 0 Å². The first-order chi connectivity index (χ1) is 13.0.